The number of rotatable bonds is 7. The lowest BCUT2D eigenvalue weighted by Gasteiger charge is -2.29. The number of amides is 1. The molecule has 2 heterocycles. The molecule has 1 aliphatic carbocycles. The fraction of sp³-hybridized carbons (Fsp3) is 0.515. The highest BCUT2D eigenvalue weighted by Gasteiger charge is 2.35. The molecule has 42 heavy (non-hydrogen) atoms. The molecule has 228 valence electrons. The Morgan fingerprint density at radius 1 is 1.07 bits per heavy atom. The largest absolute Gasteiger partial charge is 0.381 e. The second kappa shape index (κ2) is 11.7. The van der Waals surface area contributed by atoms with Crippen LogP contribution in [0.1, 0.15) is 75.3 Å². The summed E-state index contributed by atoms with van der Waals surface area (Å²) in [6.45, 7) is 9.61. The first-order valence-corrected chi connectivity index (χ1v) is 16.6. The van der Waals surface area contributed by atoms with Crippen LogP contribution in [0.3, 0.4) is 0 Å². The molecule has 1 atom stereocenters. The Balaban J connectivity index is 1.59. The molecule has 2 aliphatic rings. The summed E-state index contributed by atoms with van der Waals surface area (Å²) in [5, 5.41) is 4.90. The molecule has 0 radical (unpaired) electrons. The van der Waals surface area contributed by atoms with E-state index in [0.717, 1.165) is 40.6 Å². The summed E-state index contributed by atoms with van der Waals surface area (Å²) < 4.78 is 52.6. The SMILES string of the molecule is C=S(=O)(NC(C)(C)C)c1ccc(-c2cc(C(=O)NC3CCOCC3)c(C)n2CC2CCC(F)(F)CC2)c2ccccc12. The number of carbonyl (C=O) groups is 1. The number of hydrogen-bond donors (Lipinski definition) is 2. The summed E-state index contributed by atoms with van der Waals surface area (Å²) in [5.74, 6) is 1.42. The van der Waals surface area contributed by atoms with Crippen molar-refractivity contribution in [2.75, 3.05) is 13.2 Å². The van der Waals surface area contributed by atoms with Crippen LogP contribution in [0, 0.1) is 12.8 Å². The minimum absolute atomic E-state index is 0.0543. The summed E-state index contributed by atoms with van der Waals surface area (Å²) in [6.07, 6.45) is 2.20. The van der Waals surface area contributed by atoms with E-state index < -0.39 is 21.2 Å². The number of nitrogens with zero attached hydrogens (tertiary/aromatic N) is 1. The molecular weight excluding hydrogens is 556 g/mol. The second-order valence-corrected chi connectivity index (χ2v) is 15.0. The minimum atomic E-state index is -2.82. The molecule has 1 amide bonds. The summed E-state index contributed by atoms with van der Waals surface area (Å²) in [5.41, 5.74) is 2.74. The van der Waals surface area contributed by atoms with Crippen molar-refractivity contribution in [1.82, 2.24) is 14.6 Å². The van der Waals surface area contributed by atoms with Gasteiger partial charge >= 0.3 is 0 Å². The topological polar surface area (TPSA) is 72.4 Å². The van der Waals surface area contributed by atoms with Gasteiger partial charge in [-0.2, -0.15) is 0 Å². The van der Waals surface area contributed by atoms with E-state index >= 15 is 0 Å². The van der Waals surface area contributed by atoms with E-state index in [1.165, 1.54) is 0 Å². The zero-order valence-electron chi connectivity index (χ0n) is 25.1. The maximum Gasteiger partial charge on any atom is 0.253 e. The van der Waals surface area contributed by atoms with Crippen LogP contribution >= 0.6 is 0 Å². The van der Waals surface area contributed by atoms with E-state index in [1.807, 2.05) is 70.2 Å². The van der Waals surface area contributed by atoms with Gasteiger partial charge in [-0.25, -0.2) is 17.7 Å². The van der Waals surface area contributed by atoms with Crippen LogP contribution in [0.2, 0.25) is 0 Å². The lowest BCUT2D eigenvalue weighted by molar-refractivity contribution is -0.0473. The Bertz CT molecular complexity index is 1560. The molecule has 0 bridgehead atoms. The fourth-order valence-electron chi connectivity index (χ4n) is 6.31. The van der Waals surface area contributed by atoms with E-state index in [4.69, 9.17) is 4.74 Å². The number of nitrogens with one attached hydrogen (secondary N) is 2. The Morgan fingerprint density at radius 3 is 2.36 bits per heavy atom. The van der Waals surface area contributed by atoms with Gasteiger partial charge in [0.1, 0.15) is 0 Å². The van der Waals surface area contributed by atoms with Gasteiger partial charge < -0.3 is 14.6 Å². The Morgan fingerprint density at radius 2 is 1.71 bits per heavy atom. The smallest absolute Gasteiger partial charge is 0.253 e. The third kappa shape index (κ3) is 6.74. The maximum absolute atomic E-state index is 14.0. The van der Waals surface area contributed by atoms with Crippen LogP contribution in [-0.4, -0.2) is 51.3 Å². The molecule has 3 aromatic rings. The number of halogens is 2. The molecule has 1 saturated carbocycles. The Labute approximate surface area is 248 Å². The number of alkyl halides is 2. The average Bonchev–Trinajstić information content (AvgIpc) is 3.24. The van der Waals surface area contributed by atoms with Crippen LogP contribution < -0.4 is 10.0 Å². The van der Waals surface area contributed by atoms with Gasteiger partial charge in [-0.3, -0.25) is 4.79 Å². The van der Waals surface area contributed by atoms with Crippen molar-refractivity contribution in [3.05, 3.63) is 53.7 Å². The third-order valence-electron chi connectivity index (χ3n) is 8.43. The van der Waals surface area contributed by atoms with Crippen LogP contribution in [0.4, 0.5) is 8.78 Å². The third-order valence-corrected chi connectivity index (χ3v) is 10.4. The van der Waals surface area contributed by atoms with Crippen molar-refractivity contribution >= 4 is 32.3 Å². The van der Waals surface area contributed by atoms with Gasteiger partial charge in [0, 0.05) is 61.1 Å². The predicted octanol–water partition coefficient (Wildman–Crippen LogP) is 6.73. The number of benzene rings is 2. The summed E-state index contributed by atoms with van der Waals surface area (Å²) in [4.78, 5) is 14.2. The molecule has 6 nitrogen and oxygen atoms in total. The molecule has 2 fully saturated rings. The minimum Gasteiger partial charge on any atom is -0.381 e. The quantitative estimate of drug-likeness (QED) is 0.296. The molecular formula is C33H43F2N3O3S. The van der Waals surface area contributed by atoms with Gasteiger partial charge in [0.15, 0.2) is 0 Å². The molecule has 0 spiro atoms. The number of hydrogen-bond acceptors (Lipinski definition) is 3. The lowest BCUT2D eigenvalue weighted by atomic mass is 9.86. The highest BCUT2D eigenvalue weighted by molar-refractivity contribution is 7.98. The number of ether oxygens (including phenoxy) is 1. The van der Waals surface area contributed by atoms with Gasteiger partial charge in [0.2, 0.25) is 5.92 Å². The maximum atomic E-state index is 14.0. The van der Waals surface area contributed by atoms with E-state index in [9.17, 15) is 17.8 Å². The molecule has 1 saturated heterocycles. The highest BCUT2D eigenvalue weighted by atomic mass is 32.2. The summed E-state index contributed by atoms with van der Waals surface area (Å²) >= 11 is 0. The van der Waals surface area contributed by atoms with Crippen LogP contribution in [0.5, 0.6) is 0 Å². The number of aromatic nitrogens is 1. The lowest BCUT2D eigenvalue weighted by Crippen LogP contribution is -2.40. The monoisotopic (exact) mass is 599 g/mol. The van der Waals surface area contributed by atoms with Crippen molar-refractivity contribution in [1.29, 1.82) is 0 Å². The highest BCUT2D eigenvalue weighted by Crippen LogP contribution is 2.40. The van der Waals surface area contributed by atoms with Crippen molar-refractivity contribution in [2.24, 2.45) is 5.92 Å². The van der Waals surface area contributed by atoms with Crippen LogP contribution in [0.15, 0.2) is 47.4 Å². The van der Waals surface area contributed by atoms with Gasteiger partial charge in [0.05, 0.1) is 20.2 Å². The number of carbonyl (C=O) groups excluding carboxylic acids is 1. The van der Waals surface area contributed by atoms with Crippen molar-refractivity contribution in [3.8, 4) is 11.3 Å². The van der Waals surface area contributed by atoms with Crippen molar-refractivity contribution in [3.63, 3.8) is 0 Å². The fourth-order valence-corrected chi connectivity index (χ4v) is 8.23. The Hall–Kier alpha value is -2.75. The van der Waals surface area contributed by atoms with Crippen molar-refractivity contribution < 1.29 is 22.5 Å². The molecule has 5 rings (SSSR count). The van der Waals surface area contributed by atoms with Gasteiger partial charge in [-0.1, -0.05) is 30.3 Å². The van der Waals surface area contributed by atoms with E-state index in [0.29, 0.717) is 43.1 Å². The predicted molar refractivity (Wildman–Crippen MR) is 167 cm³/mol. The first-order chi connectivity index (χ1) is 19.7. The molecule has 2 aromatic carbocycles. The molecule has 1 unspecified atom stereocenters. The molecule has 1 aromatic heterocycles. The van der Waals surface area contributed by atoms with Crippen molar-refractivity contribution in [2.45, 2.75) is 95.2 Å². The number of fused-ring (bicyclic) bond motifs is 1. The first kappa shape index (κ1) is 30.7. The Kier molecular flexibility index (Phi) is 8.58. The first-order valence-electron chi connectivity index (χ1n) is 14.9. The standard InChI is InChI=1S/C33H43F2N3O3S/c1-22-28(31(39)36-24-14-18-41-19-15-24)20-29(38(22)21-23-12-16-33(34,35)17-13-23)26-10-11-30(27-9-7-6-8-25(26)27)42(5,40)37-32(2,3)4/h6-11,20,23-24H,5,12-19,21H2,1-4H3,(H,36,39)(H,37,40). The van der Waals surface area contributed by atoms with E-state index in [2.05, 4.69) is 20.5 Å². The van der Waals surface area contributed by atoms with Gasteiger partial charge in [-0.15, -0.1) is 0 Å². The van der Waals surface area contributed by atoms with Gasteiger partial charge in [-0.05, 0) is 88.1 Å². The van der Waals surface area contributed by atoms with E-state index in [-0.39, 0.29) is 30.7 Å². The van der Waals surface area contributed by atoms with E-state index in [1.54, 1.807) is 0 Å². The molecule has 9 heteroatoms. The average molecular weight is 600 g/mol. The van der Waals surface area contributed by atoms with Gasteiger partial charge in [0.25, 0.3) is 5.91 Å². The molecule has 2 N–H and O–H groups in total. The van der Waals surface area contributed by atoms with Crippen LogP contribution in [0.25, 0.3) is 22.0 Å². The zero-order chi connectivity index (χ0) is 30.3. The normalized spacial score (nSPS) is 20.0. The second-order valence-electron chi connectivity index (χ2n) is 13.0. The summed E-state index contributed by atoms with van der Waals surface area (Å²) in [6, 6.07) is 13.6. The summed E-state index contributed by atoms with van der Waals surface area (Å²) in [7, 11) is -2.82. The van der Waals surface area contributed by atoms with Crippen LogP contribution in [-0.2, 0) is 21.0 Å². The zero-order valence-corrected chi connectivity index (χ0v) is 25.9. The molecule has 1 aliphatic heterocycles.